The fraction of sp³-hybridized carbons (Fsp3) is 1.00. The minimum Gasteiger partial charge on any atom is -0.391 e. The van der Waals surface area contributed by atoms with E-state index < -0.39 is 0 Å². The Labute approximate surface area is 126 Å². The summed E-state index contributed by atoms with van der Waals surface area (Å²) in [5.41, 5.74) is 0.0126. The molecule has 0 radical (unpaired) electrons. The molecule has 2 unspecified atom stereocenters. The van der Waals surface area contributed by atoms with E-state index in [0.717, 1.165) is 12.8 Å². The Kier molecular flexibility index (Phi) is 8.79. The minimum atomic E-state index is -0.152. The molecule has 0 spiro atoms. The van der Waals surface area contributed by atoms with Crippen molar-refractivity contribution in [3.05, 3.63) is 0 Å². The molecule has 1 rings (SSSR count). The first-order valence-electron chi connectivity index (χ1n) is 9.08. The van der Waals surface area contributed by atoms with Gasteiger partial charge in [0.15, 0.2) is 0 Å². The van der Waals surface area contributed by atoms with Crippen LogP contribution in [-0.4, -0.2) is 34.7 Å². The van der Waals surface area contributed by atoms with Gasteiger partial charge in [0.25, 0.3) is 0 Å². The summed E-state index contributed by atoms with van der Waals surface area (Å²) in [7, 11) is 0. The molecular formula is C18H37NO. The highest BCUT2D eigenvalue weighted by Gasteiger charge is 2.37. The van der Waals surface area contributed by atoms with Gasteiger partial charge in [0.1, 0.15) is 0 Å². The number of rotatable bonds is 11. The number of aliphatic hydroxyl groups excluding tert-OH is 1. The van der Waals surface area contributed by atoms with Gasteiger partial charge in [-0.25, -0.2) is 0 Å². The standard InChI is InChI=1S/C18H37NO/c1-4-6-7-8-9-10-11-14-17(20)18(3,5-2)19-15-12-13-16-19/h17,20H,4-16H2,1-3H3. The topological polar surface area (TPSA) is 23.5 Å². The molecule has 1 aliphatic heterocycles. The van der Waals surface area contributed by atoms with Crippen molar-refractivity contribution in [2.75, 3.05) is 13.1 Å². The third kappa shape index (κ3) is 5.37. The summed E-state index contributed by atoms with van der Waals surface area (Å²) < 4.78 is 0. The maximum atomic E-state index is 10.6. The van der Waals surface area contributed by atoms with Crippen molar-refractivity contribution in [2.45, 2.75) is 103 Å². The lowest BCUT2D eigenvalue weighted by Gasteiger charge is -2.42. The van der Waals surface area contributed by atoms with Crippen molar-refractivity contribution in [2.24, 2.45) is 0 Å². The fourth-order valence-corrected chi connectivity index (χ4v) is 3.50. The highest BCUT2D eigenvalue weighted by Crippen LogP contribution is 2.30. The van der Waals surface area contributed by atoms with Gasteiger partial charge < -0.3 is 5.11 Å². The molecule has 1 N–H and O–H groups in total. The van der Waals surface area contributed by atoms with Crippen LogP contribution in [0.4, 0.5) is 0 Å². The van der Waals surface area contributed by atoms with E-state index in [-0.39, 0.29) is 11.6 Å². The summed E-state index contributed by atoms with van der Waals surface area (Å²) in [6.45, 7) is 9.12. The third-order valence-electron chi connectivity index (χ3n) is 5.34. The van der Waals surface area contributed by atoms with Crippen LogP contribution in [0, 0.1) is 0 Å². The van der Waals surface area contributed by atoms with Crippen molar-refractivity contribution >= 4 is 0 Å². The molecule has 0 amide bonds. The second-order valence-corrected chi connectivity index (χ2v) is 6.83. The molecular weight excluding hydrogens is 246 g/mol. The molecule has 2 atom stereocenters. The number of aliphatic hydroxyl groups is 1. The Hall–Kier alpha value is -0.0800. The van der Waals surface area contributed by atoms with E-state index in [2.05, 4.69) is 25.7 Å². The number of hydrogen-bond acceptors (Lipinski definition) is 2. The molecule has 1 heterocycles. The number of hydrogen-bond donors (Lipinski definition) is 1. The number of nitrogens with zero attached hydrogens (tertiary/aromatic N) is 1. The summed E-state index contributed by atoms with van der Waals surface area (Å²) in [5.74, 6) is 0. The molecule has 120 valence electrons. The van der Waals surface area contributed by atoms with Gasteiger partial charge in [-0.15, -0.1) is 0 Å². The molecule has 0 saturated carbocycles. The number of likely N-dealkylation sites (tertiary alicyclic amines) is 1. The van der Waals surface area contributed by atoms with E-state index >= 15 is 0 Å². The van der Waals surface area contributed by atoms with Gasteiger partial charge in [-0.3, -0.25) is 4.90 Å². The molecule has 0 aromatic heterocycles. The third-order valence-corrected chi connectivity index (χ3v) is 5.34. The van der Waals surface area contributed by atoms with E-state index in [1.54, 1.807) is 0 Å². The van der Waals surface area contributed by atoms with Gasteiger partial charge >= 0.3 is 0 Å². The Morgan fingerprint density at radius 2 is 1.50 bits per heavy atom. The van der Waals surface area contributed by atoms with Crippen LogP contribution in [0.3, 0.4) is 0 Å². The first-order valence-corrected chi connectivity index (χ1v) is 9.08. The molecule has 0 aliphatic carbocycles. The van der Waals surface area contributed by atoms with Crippen LogP contribution >= 0.6 is 0 Å². The molecule has 1 saturated heterocycles. The first-order chi connectivity index (χ1) is 9.65. The highest BCUT2D eigenvalue weighted by atomic mass is 16.3. The zero-order valence-electron chi connectivity index (χ0n) is 14.2. The van der Waals surface area contributed by atoms with Gasteiger partial charge in [-0.1, -0.05) is 58.8 Å². The summed E-state index contributed by atoms with van der Waals surface area (Å²) in [4.78, 5) is 2.53. The highest BCUT2D eigenvalue weighted by molar-refractivity contribution is 4.93. The van der Waals surface area contributed by atoms with Crippen molar-refractivity contribution in [3.63, 3.8) is 0 Å². The molecule has 0 bridgehead atoms. The lowest BCUT2D eigenvalue weighted by molar-refractivity contribution is -0.0178. The van der Waals surface area contributed by atoms with Crippen LogP contribution in [0.5, 0.6) is 0 Å². The maximum Gasteiger partial charge on any atom is 0.0721 e. The predicted molar refractivity (Wildman–Crippen MR) is 88.1 cm³/mol. The van der Waals surface area contributed by atoms with Crippen LogP contribution in [0.1, 0.15) is 91.4 Å². The molecule has 2 nitrogen and oxygen atoms in total. The van der Waals surface area contributed by atoms with Gasteiger partial charge in [-0.2, -0.15) is 0 Å². The average Bonchev–Trinajstić information content (AvgIpc) is 3.00. The summed E-state index contributed by atoms with van der Waals surface area (Å²) in [6.07, 6.45) is 13.8. The monoisotopic (exact) mass is 283 g/mol. The molecule has 20 heavy (non-hydrogen) atoms. The van der Waals surface area contributed by atoms with Crippen molar-refractivity contribution < 1.29 is 5.11 Å². The second-order valence-electron chi connectivity index (χ2n) is 6.83. The Morgan fingerprint density at radius 3 is 2.05 bits per heavy atom. The van der Waals surface area contributed by atoms with E-state index in [0.29, 0.717) is 0 Å². The van der Waals surface area contributed by atoms with Crippen molar-refractivity contribution in [3.8, 4) is 0 Å². The van der Waals surface area contributed by atoms with Crippen LogP contribution in [0.25, 0.3) is 0 Å². The van der Waals surface area contributed by atoms with Crippen LogP contribution in [-0.2, 0) is 0 Å². The zero-order valence-corrected chi connectivity index (χ0v) is 14.2. The molecule has 1 fully saturated rings. The fourth-order valence-electron chi connectivity index (χ4n) is 3.50. The Bertz CT molecular complexity index is 238. The van der Waals surface area contributed by atoms with E-state index in [9.17, 15) is 5.11 Å². The van der Waals surface area contributed by atoms with Crippen LogP contribution in [0.15, 0.2) is 0 Å². The zero-order chi connectivity index (χ0) is 14.8. The molecule has 0 aromatic carbocycles. The summed E-state index contributed by atoms with van der Waals surface area (Å²) in [6, 6.07) is 0. The van der Waals surface area contributed by atoms with Crippen molar-refractivity contribution in [1.82, 2.24) is 4.90 Å². The average molecular weight is 284 g/mol. The molecule has 1 aliphatic rings. The maximum absolute atomic E-state index is 10.6. The van der Waals surface area contributed by atoms with Crippen molar-refractivity contribution in [1.29, 1.82) is 0 Å². The lowest BCUT2D eigenvalue weighted by Crippen LogP contribution is -2.53. The summed E-state index contributed by atoms with van der Waals surface area (Å²) >= 11 is 0. The normalized spacial score (nSPS) is 21.0. The smallest absolute Gasteiger partial charge is 0.0721 e. The van der Waals surface area contributed by atoms with Crippen LogP contribution < -0.4 is 0 Å². The molecule has 0 aromatic rings. The van der Waals surface area contributed by atoms with Gasteiger partial charge in [-0.05, 0) is 45.7 Å². The SMILES string of the molecule is CCCCCCCCCC(O)C(C)(CC)N1CCCC1. The minimum absolute atomic E-state index is 0.0126. The molecule has 2 heteroatoms. The lowest BCUT2D eigenvalue weighted by atomic mass is 9.86. The predicted octanol–water partition coefficient (Wildman–Crippen LogP) is 4.75. The second kappa shape index (κ2) is 9.78. The largest absolute Gasteiger partial charge is 0.391 e. The quantitative estimate of drug-likeness (QED) is 0.553. The summed E-state index contributed by atoms with van der Waals surface area (Å²) in [5, 5.41) is 10.6. The number of unbranched alkanes of at least 4 members (excludes halogenated alkanes) is 6. The Balaban J connectivity index is 2.20. The van der Waals surface area contributed by atoms with E-state index in [4.69, 9.17) is 0 Å². The Morgan fingerprint density at radius 1 is 0.950 bits per heavy atom. The van der Waals surface area contributed by atoms with Crippen LogP contribution in [0.2, 0.25) is 0 Å². The van der Waals surface area contributed by atoms with Gasteiger partial charge in [0.2, 0.25) is 0 Å². The van der Waals surface area contributed by atoms with Gasteiger partial charge in [0, 0.05) is 5.54 Å². The van der Waals surface area contributed by atoms with E-state index in [1.165, 1.54) is 70.9 Å². The van der Waals surface area contributed by atoms with Gasteiger partial charge in [0.05, 0.1) is 6.10 Å². The first kappa shape index (κ1) is 18.0. The van der Waals surface area contributed by atoms with E-state index in [1.807, 2.05) is 0 Å².